The quantitative estimate of drug-likeness (QED) is 0.795. The summed E-state index contributed by atoms with van der Waals surface area (Å²) >= 11 is 12.7. The van der Waals surface area contributed by atoms with Crippen molar-refractivity contribution < 1.29 is 0 Å². The van der Waals surface area contributed by atoms with Gasteiger partial charge in [-0.15, -0.1) is 11.3 Å². The first-order chi connectivity index (χ1) is 7.39. The van der Waals surface area contributed by atoms with Gasteiger partial charge in [0.05, 0.1) is 9.21 Å². The second-order valence-corrected chi connectivity index (χ2v) is 6.56. The highest BCUT2D eigenvalue weighted by Gasteiger charge is 2.21. The lowest BCUT2D eigenvalue weighted by atomic mass is 10.1. The molecule has 0 saturated carbocycles. The van der Waals surface area contributed by atoms with Gasteiger partial charge in [0.2, 0.25) is 0 Å². The van der Waals surface area contributed by atoms with E-state index in [0.29, 0.717) is 4.77 Å². The van der Waals surface area contributed by atoms with Crippen LogP contribution in [0, 0.1) is 4.77 Å². The van der Waals surface area contributed by atoms with E-state index in [1.807, 2.05) is 16.7 Å². The molecule has 86 valence electrons. The Morgan fingerprint density at radius 3 is 2.62 bits per heavy atom. The van der Waals surface area contributed by atoms with Crippen LogP contribution in [0.1, 0.15) is 20.8 Å². The van der Waals surface area contributed by atoms with E-state index in [1.54, 1.807) is 0 Å². The van der Waals surface area contributed by atoms with Gasteiger partial charge in [-0.25, -0.2) is 0 Å². The van der Waals surface area contributed by atoms with Crippen LogP contribution in [-0.4, -0.2) is 14.8 Å². The molecule has 2 rings (SSSR count). The fourth-order valence-corrected chi connectivity index (χ4v) is 2.95. The zero-order chi connectivity index (χ0) is 11.9. The molecule has 0 bridgehead atoms. The van der Waals surface area contributed by atoms with Crippen LogP contribution >= 0.6 is 35.2 Å². The Labute approximate surface area is 108 Å². The molecular weight excluding hydrogens is 262 g/mol. The number of aromatic nitrogens is 3. The fourth-order valence-electron chi connectivity index (χ4n) is 1.52. The third kappa shape index (κ3) is 2.07. The van der Waals surface area contributed by atoms with Crippen LogP contribution in [0.15, 0.2) is 12.1 Å². The number of nitrogens with zero attached hydrogens (tertiary/aromatic N) is 2. The summed E-state index contributed by atoms with van der Waals surface area (Å²) in [5.41, 5.74) is -0.101. The lowest BCUT2D eigenvalue weighted by Crippen LogP contribution is -2.22. The normalized spacial score (nSPS) is 12.0. The van der Waals surface area contributed by atoms with Crippen molar-refractivity contribution >= 4 is 35.2 Å². The second kappa shape index (κ2) is 3.98. The molecule has 0 aliphatic heterocycles. The molecule has 0 aliphatic rings. The Balaban J connectivity index is 2.63. The van der Waals surface area contributed by atoms with E-state index in [4.69, 9.17) is 23.8 Å². The van der Waals surface area contributed by atoms with E-state index in [9.17, 15) is 0 Å². The number of aromatic amines is 1. The van der Waals surface area contributed by atoms with Crippen molar-refractivity contribution in [2.75, 3.05) is 0 Å². The SMILES string of the molecule is CC(C)(C)n1c(-c2ccc(Cl)s2)n[nH]c1=S. The number of halogens is 1. The highest BCUT2D eigenvalue weighted by Crippen LogP contribution is 2.32. The number of thiophene rings is 1. The molecule has 0 unspecified atom stereocenters. The maximum Gasteiger partial charge on any atom is 0.195 e. The van der Waals surface area contributed by atoms with Gasteiger partial charge in [-0.3, -0.25) is 9.67 Å². The summed E-state index contributed by atoms with van der Waals surface area (Å²) in [4.78, 5) is 1.02. The lowest BCUT2D eigenvalue weighted by molar-refractivity contribution is 0.396. The maximum atomic E-state index is 5.93. The van der Waals surface area contributed by atoms with Crippen molar-refractivity contribution in [1.29, 1.82) is 0 Å². The van der Waals surface area contributed by atoms with Gasteiger partial charge in [0.1, 0.15) is 0 Å². The minimum Gasteiger partial charge on any atom is -0.294 e. The van der Waals surface area contributed by atoms with E-state index in [-0.39, 0.29) is 5.54 Å². The molecule has 2 heterocycles. The first-order valence-electron chi connectivity index (χ1n) is 4.83. The molecule has 0 amide bonds. The van der Waals surface area contributed by atoms with Crippen LogP contribution in [-0.2, 0) is 5.54 Å². The molecule has 2 aromatic rings. The van der Waals surface area contributed by atoms with E-state index >= 15 is 0 Å². The topological polar surface area (TPSA) is 33.6 Å². The maximum absolute atomic E-state index is 5.93. The molecule has 16 heavy (non-hydrogen) atoms. The average Bonchev–Trinajstić information content (AvgIpc) is 2.70. The number of hydrogen-bond donors (Lipinski definition) is 1. The van der Waals surface area contributed by atoms with Crippen molar-refractivity contribution in [1.82, 2.24) is 14.8 Å². The molecular formula is C10H12ClN3S2. The second-order valence-electron chi connectivity index (χ2n) is 4.46. The number of nitrogens with one attached hydrogen (secondary N) is 1. The van der Waals surface area contributed by atoms with Gasteiger partial charge in [-0.1, -0.05) is 11.6 Å². The van der Waals surface area contributed by atoms with Gasteiger partial charge in [0, 0.05) is 5.54 Å². The first-order valence-corrected chi connectivity index (χ1v) is 6.43. The monoisotopic (exact) mass is 273 g/mol. The summed E-state index contributed by atoms with van der Waals surface area (Å²) in [6.07, 6.45) is 0. The molecule has 0 fully saturated rings. The predicted molar refractivity (Wildman–Crippen MR) is 70.7 cm³/mol. The molecule has 0 saturated heterocycles. The molecule has 0 radical (unpaired) electrons. The minimum atomic E-state index is -0.101. The zero-order valence-electron chi connectivity index (χ0n) is 9.24. The van der Waals surface area contributed by atoms with Gasteiger partial charge >= 0.3 is 0 Å². The Hall–Kier alpha value is -0.650. The average molecular weight is 274 g/mol. The van der Waals surface area contributed by atoms with Gasteiger partial charge in [-0.05, 0) is 45.1 Å². The van der Waals surface area contributed by atoms with E-state index in [0.717, 1.165) is 15.0 Å². The van der Waals surface area contributed by atoms with Gasteiger partial charge in [0.25, 0.3) is 0 Å². The van der Waals surface area contributed by atoms with E-state index in [1.165, 1.54) is 11.3 Å². The number of hydrogen-bond acceptors (Lipinski definition) is 3. The fraction of sp³-hybridized carbons (Fsp3) is 0.400. The summed E-state index contributed by atoms with van der Waals surface area (Å²) < 4.78 is 3.39. The van der Waals surface area contributed by atoms with Crippen LogP contribution < -0.4 is 0 Å². The van der Waals surface area contributed by atoms with Gasteiger partial charge < -0.3 is 0 Å². The molecule has 0 spiro atoms. The van der Waals surface area contributed by atoms with Crippen LogP contribution in [0.3, 0.4) is 0 Å². The highest BCUT2D eigenvalue weighted by atomic mass is 35.5. The van der Waals surface area contributed by atoms with Gasteiger partial charge in [-0.2, -0.15) is 5.10 Å². The molecule has 0 aromatic carbocycles. The predicted octanol–water partition coefficient (Wildman–Crippen LogP) is 4.08. The molecule has 1 N–H and O–H groups in total. The van der Waals surface area contributed by atoms with Crippen molar-refractivity contribution in [3.8, 4) is 10.7 Å². The lowest BCUT2D eigenvalue weighted by Gasteiger charge is -2.21. The number of H-pyrrole nitrogens is 1. The standard InChI is InChI=1S/C10H12ClN3S2/c1-10(2,3)14-8(12-13-9(14)15)6-4-5-7(11)16-6/h4-5H,1-3H3,(H,13,15). The Morgan fingerprint density at radius 2 is 2.12 bits per heavy atom. The molecule has 3 nitrogen and oxygen atoms in total. The van der Waals surface area contributed by atoms with E-state index < -0.39 is 0 Å². The van der Waals surface area contributed by atoms with Crippen LogP contribution in [0.4, 0.5) is 0 Å². The van der Waals surface area contributed by atoms with E-state index in [2.05, 4.69) is 31.0 Å². The Morgan fingerprint density at radius 1 is 1.44 bits per heavy atom. The summed E-state index contributed by atoms with van der Waals surface area (Å²) in [5.74, 6) is 0.842. The Bertz CT molecular complexity index is 559. The smallest absolute Gasteiger partial charge is 0.195 e. The molecule has 2 aromatic heterocycles. The summed E-state index contributed by atoms with van der Waals surface area (Å²) in [5, 5.41) is 7.09. The Kier molecular flexibility index (Phi) is 2.94. The molecule has 0 atom stereocenters. The minimum absolute atomic E-state index is 0.101. The van der Waals surface area contributed by atoms with Crippen molar-refractivity contribution in [2.24, 2.45) is 0 Å². The summed E-state index contributed by atoms with van der Waals surface area (Å²) in [7, 11) is 0. The third-order valence-corrected chi connectivity index (χ3v) is 3.64. The van der Waals surface area contributed by atoms with Crippen molar-refractivity contribution in [2.45, 2.75) is 26.3 Å². The van der Waals surface area contributed by atoms with Crippen molar-refractivity contribution in [3.05, 3.63) is 21.2 Å². The van der Waals surface area contributed by atoms with Crippen molar-refractivity contribution in [3.63, 3.8) is 0 Å². The molecule has 6 heteroatoms. The third-order valence-electron chi connectivity index (χ3n) is 2.14. The largest absolute Gasteiger partial charge is 0.294 e. The summed E-state index contributed by atoms with van der Waals surface area (Å²) in [6.45, 7) is 6.28. The first kappa shape index (κ1) is 11.8. The van der Waals surface area contributed by atoms with Crippen LogP contribution in [0.2, 0.25) is 4.34 Å². The molecule has 0 aliphatic carbocycles. The van der Waals surface area contributed by atoms with Crippen LogP contribution in [0.25, 0.3) is 10.7 Å². The van der Waals surface area contributed by atoms with Crippen LogP contribution in [0.5, 0.6) is 0 Å². The van der Waals surface area contributed by atoms with Gasteiger partial charge in [0.15, 0.2) is 10.6 Å². The summed E-state index contributed by atoms with van der Waals surface area (Å²) in [6, 6.07) is 3.83. The number of rotatable bonds is 1. The highest BCUT2D eigenvalue weighted by molar-refractivity contribution is 7.71. The zero-order valence-corrected chi connectivity index (χ0v) is 11.6.